The van der Waals surface area contributed by atoms with Gasteiger partial charge < -0.3 is 9.84 Å². The Kier molecular flexibility index (Phi) is 6.47. The standard InChI is InChI=1S/C26H26ClF2N9O3/c27-17-1-2-19(36-13-32-34-35-36)21(23(17)29)14-9-15-4-8-37(38(15)20(39)10-14)25-31-11-18(33-25)16-3-7-30-24(22(16)28)41-12-26(40)5-6-26/h1-3,7,10,13,15,18,25,31,33,40H,4-6,8-9,11-12H2/t15-,18?,25?/m1/s1. The monoisotopic (exact) mass is 585 g/mol. The summed E-state index contributed by atoms with van der Waals surface area (Å²) in [5.41, 5.74) is 0.569. The number of fused-ring (bicyclic) bond motifs is 1. The Labute approximate surface area is 237 Å². The summed E-state index contributed by atoms with van der Waals surface area (Å²) in [7, 11) is 0. The number of rotatable bonds is 7. The molecule has 2 aromatic heterocycles. The van der Waals surface area contributed by atoms with Crippen LogP contribution >= 0.6 is 11.6 Å². The minimum absolute atomic E-state index is 0.00259. The molecule has 2 unspecified atom stereocenters. The minimum atomic E-state index is -0.891. The highest BCUT2D eigenvalue weighted by molar-refractivity contribution is 6.31. The normalized spacial score (nSPS) is 25.4. The van der Waals surface area contributed by atoms with Crippen molar-refractivity contribution in [1.82, 2.24) is 45.8 Å². The van der Waals surface area contributed by atoms with E-state index in [0.717, 1.165) is 0 Å². The Morgan fingerprint density at radius 1 is 1.22 bits per heavy atom. The van der Waals surface area contributed by atoms with Gasteiger partial charge in [0.2, 0.25) is 0 Å². The molecule has 0 bridgehead atoms. The maximum atomic E-state index is 15.3. The number of carbonyl (C=O) groups excluding carboxylic acids is 1. The maximum absolute atomic E-state index is 15.3. The van der Waals surface area contributed by atoms with Crippen LogP contribution in [0.3, 0.4) is 0 Å². The van der Waals surface area contributed by atoms with E-state index in [9.17, 15) is 9.90 Å². The van der Waals surface area contributed by atoms with Gasteiger partial charge in [-0.1, -0.05) is 11.6 Å². The largest absolute Gasteiger partial charge is 0.473 e. The Balaban J connectivity index is 1.09. The molecular weight excluding hydrogens is 560 g/mol. The number of nitrogens with zero attached hydrogens (tertiary/aromatic N) is 7. The third kappa shape index (κ3) is 4.75. The topological polar surface area (TPSA) is 134 Å². The Morgan fingerprint density at radius 2 is 2.07 bits per heavy atom. The van der Waals surface area contributed by atoms with Crippen molar-refractivity contribution >= 4 is 23.1 Å². The Morgan fingerprint density at radius 3 is 2.85 bits per heavy atom. The summed E-state index contributed by atoms with van der Waals surface area (Å²) in [6.07, 6.45) is 6.12. The number of halogens is 3. The van der Waals surface area contributed by atoms with Crippen molar-refractivity contribution in [3.8, 4) is 11.6 Å². The lowest BCUT2D eigenvalue weighted by Crippen LogP contribution is -2.57. The number of ether oxygens (including phenoxy) is 1. The molecule has 1 saturated carbocycles. The van der Waals surface area contributed by atoms with Crippen molar-refractivity contribution in [1.29, 1.82) is 0 Å². The molecule has 214 valence electrons. The van der Waals surface area contributed by atoms with Crippen LogP contribution in [0.15, 0.2) is 36.8 Å². The van der Waals surface area contributed by atoms with Gasteiger partial charge in [-0.15, -0.1) is 5.10 Å². The summed E-state index contributed by atoms with van der Waals surface area (Å²) in [5, 5.41) is 31.4. The van der Waals surface area contributed by atoms with E-state index >= 15 is 8.78 Å². The fourth-order valence-electron chi connectivity index (χ4n) is 5.71. The van der Waals surface area contributed by atoms with Crippen LogP contribution in [0.4, 0.5) is 8.78 Å². The van der Waals surface area contributed by atoms with Crippen LogP contribution in [0.25, 0.3) is 11.3 Å². The molecule has 0 radical (unpaired) electrons. The number of tetrazole rings is 1. The molecule has 41 heavy (non-hydrogen) atoms. The third-order valence-corrected chi connectivity index (χ3v) is 8.31. The van der Waals surface area contributed by atoms with E-state index < -0.39 is 29.6 Å². The molecule has 3 aliphatic heterocycles. The second-order valence-corrected chi connectivity index (χ2v) is 11.1. The molecule has 1 aliphatic carbocycles. The molecule has 15 heteroatoms. The number of benzene rings is 1. The highest BCUT2D eigenvalue weighted by atomic mass is 35.5. The van der Waals surface area contributed by atoms with Crippen LogP contribution < -0.4 is 15.4 Å². The number of amides is 1. The van der Waals surface area contributed by atoms with E-state index in [-0.39, 0.29) is 35.0 Å². The van der Waals surface area contributed by atoms with Gasteiger partial charge in [-0.2, -0.15) is 9.69 Å². The molecule has 1 amide bonds. The number of hydrazine groups is 1. The van der Waals surface area contributed by atoms with Crippen LogP contribution in [0.1, 0.15) is 42.9 Å². The van der Waals surface area contributed by atoms with Gasteiger partial charge in [-0.05, 0) is 59.9 Å². The van der Waals surface area contributed by atoms with Gasteiger partial charge in [0.1, 0.15) is 19.2 Å². The Bertz CT molecular complexity index is 1530. The summed E-state index contributed by atoms with van der Waals surface area (Å²) >= 11 is 6.12. The fraction of sp³-hybridized carbons (Fsp3) is 0.423. The number of aliphatic hydroxyl groups is 1. The van der Waals surface area contributed by atoms with Crippen LogP contribution in [0.2, 0.25) is 5.02 Å². The lowest BCUT2D eigenvalue weighted by atomic mass is 9.92. The predicted molar refractivity (Wildman–Crippen MR) is 140 cm³/mol. The molecule has 3 N–H and O–H groups in total. The summed E-state index contributed by atoms with van der Waals surface area (Å²) < 4.78 is 37.4. The summed E-state index contributed by atoms with van der Waals surface area (Å²) in [4.78, 5) is 17.5. The van der Waals surface area contributed by atoms with Gasteiger partial charge in [0, 0.05) is 36.5 Å². The van der Waals surface area contributed by atoms with Crippen molar-refractivity contribution in [3.05, 3.63) is 64.6 Å². The Hall–Kier alpha value is -3.56. The summed E-state index contributed by atoms with van der Waals surface area (Å²) in [6, 6.07) is 4.02. The van der Waals surface area contributed by atoms with Crippen LogP contribution in [0.5, 0.6) is 5.88 Å². The van der Waals surface area contributed by atoms with E-state index in [0.29, 0.717) is 55.6 Å². The van der Waals surface area contributed by atoms with E-state index in [1.54, 1.807) is 17.1 Å². The molecule has 12 nitrogen and oxygen atoms in total. The SMILES string of the molecule is O=C1C=C(c2c(-n3cnnn3)ccc(Cl)c2F)C[C@H]2CCN(C3NCC(c4ccnc(OCC5(O)CC5)c4F)N3)N12. The van der Waals surface area contributed by atoms with Crippen LogP contribution in [0, 0.1) is 11.6 Å². The maximum Gasteiger partial charge on any atom is 0.261 e. The molecule has 7 rings (SSSR count). The molecule has 3 atom stereocenters. The molecule has 5 heterocycles. The average molecular weight is 586 g/mol. The van der Waals surface area contributed by atoms with Crippen LogP contribution in [-0.2, 0) is 4.79 Å². The smallest absolute Gasteiger partial charge is 0.261 e. The van der Waals surface area contributed by atoms with Crippen molar-refractivity contribution in [2.45, 2.75) is 49.7 Å². The van der Waals surface area contributed by atoms with Gasteiger partial charge in [0.15, 0.2) is 11.6 Å². The molecule has 3 aromatic rings. The fourth-order valence-corrected chi connectivity index (χ4v) is 5.87. The second kappa shape index (κ2) is 10.1. The van der Waals surface area contributed by atoms with Crippen molar-refractivity contribution in [3.63, 3.8) is 0 Å². The number of hydrogen-bond donors (Lipinski definition) is 3. The first-order valence-corrected chi connectivity index (χ1v) is 13.7. The zero-order chi connectivity index (χ0) is 28.3. The van der Waals surface area contributed by atoms with E-state index in [2.05, 4.69) is 31.1 Å². The van der Waals surface area contributed by atoms with Gasteiger partial charge in [0.05, 0.1) is 28.4 Å². The van der Waals surface area contributed by atoms with E-state index in [4.69, 9.17) is 16.3 Å². The summed E-state index contributed by atoms with van der Waals surface area (Å²) in [6.45, 7) is 0.957. The number of hydrogen-bond acceptors (Lipinski definition) is 10. The van der Waals surface area contributed by atoms with E-state index in [1.807, 2.05) is 5.01 Å². The van der Waals surface area contributed by atoms with Crippen molar-refractivity contribution in [2.24, 2.45) is 0 Å². The second-order valence-electron chi connectivity index (χ2n) is 10.7. The van der Waals surface area contributed by atoms with Gasteiger partial charge in [0.25, 0.3) is 11.8 Å². The van der Waals surface area contributed by atoms with E-state index in [1.165, 1.54) is 29.3 Å². The predicted octanol–water partition coefficient (Wildman–Crippen LogP) is 1.72. The highest BCUT2D eigenvalue weighted by Crippen LogP contribution is 2.39. The number of nitrogens with one attached hydrogen (secondary N) is 2. The van der Waals surface area contributed by atoms with Gasteiger partial charge in [-0.3, -0.25) is 20.4 Å². The first kappa shape index (κ1) is 26.3. The molecule has 4 aliphatic rings. The molecule has 2 saturated heterocycles. The first-order valence-electron chi connectivity index (χ1n) is 13.3. The quantitative estimate of drug-likeness (QED) is 0.376. The average Bonchev–Trinajstić information content (AvgIpc) is 3.42. The molecule has 0 spiro atoms. The lowest BCUT2D eigenvalue weighted by Gasteiger charge is -2.38. The number of carbonyl (C=O) groups is 1. The minimum Gasteiger partial charge on any atom is -0.473 e. The third-order valence-electron chi connectivity index (χ3n) is 8.02. The first-order chi connectivity index (χ1) is 19.8. The zero-order valence-electron chi connectivity index (χ0n) is 21.7. The van der Waals surface area contributed by atoms with Crippen molar-refractivity contribution in [2.75, 3.05) is 19.7 Å². The highest BCUT2D eigenvalue weighted by Gasteiger charge is 2.45. The number of pyridine rings is 1. The molecule has 3 fully saturated rings. The van der Waals surface area contributed by atoms with Gasteiger partial charge in [-0.25, -0.2) is 13.8 Å². The summed E-state index contributed by atoms with van der Waals surface area (Å²) in [5.74, 6) is -1.67. The number of aromatic nitrogens is 5. The van der Waals surface area contributed by atoms with Crippen molar-refractivity contribution < 1.29 is 23.4 Å². The zero-order valence-corrected chi connectivity index (χ0v) is 22.4. The molecule has 1 aromatic carbocycles. The van der Waals surface area contributed by atoms with Crippen LogP contribution in [-0.4, -0.2) is 83.9 Å². The lowest BCUT2D eigenvalue weighted by molar-refractivity contribution is -0.148. The molecular formula is C26H26ClF2N9O3. The van der Waals surface area contributed by atoms with Gasteiger partial charge >= 0.3 is 0 Å².